The number of nitrogens with zero attached hydrogens (tertiary/aromatic N) is 4. The Morgan fingerprint density at radius 2 is 1.93 bits per heavy atom. The fourth-order valence-electron chi connectivity index (χ4n) is 4.24. The van der Waals surface area contributed by atoms with E-state index in [1.54, 1.807) is 6.20 Å². The Morgan fingerprint density at radius 1 is 1.11 bits per heavy atom. The molecule has 0 spiro atoms. The van der Waals surface area contributed by atoms with Gasteiger partial charge in [0.2, 0.25) is 0 Å². The van der Waals surface area contributed by atoms with E-state index in [-0.39, 0.29) is 11.6 Å². The van der Waals surface area contributed by atoms with Gasteiger partial charge in [0.15, 0.2) is 0 Å². The number of pyridine rings is 1. The lowest BCUT2D eigenvalue weighted by molar-refractivity contribution is -0.137. The average molecular weight is 372 g/mol. The third-order valence-corrected chi connectivity index (χ3v) is 5.59. The molecule has 4 nitrogen and oxygen atoms in total. The molecule has 0 radical (unpaired) electrons. The van der Waals surface area contributed by atoms with Crippen LogP contribution in [0.1, 0.15) is 24.0 Å². The van der Waals surface area contributed by atoms with Crippen LogP contribution < -0.4 is 9.80 Å². The van der Waals surface area contributed by atoms with Crippen molar-refractivity contribution in [3.8, 4) is 6.07 Å². The number of fused-ring (bicyclic) bond motifs is 1. The summed E-state index contributed by atoms with van der Waals surface area (Å²) in [6.07, 6.45) is -0.678. The van der Waals surface area contributed by atoms with E-state index in [0.29, 0.717) is 11.6 Å². The van der Waals surface area contributed by atoms with E-state index in [9.17, 15) is 18.4 Å². The van der Waals surface area contributed by atoms with Crippen molar-refractivity contribution in [3.63, 3.8) is 0 Å². The van der Waals surface area contributed by atoms with E-state index < -0.39 is 11.7 Å². The van der Waals surface area contributed by atoms with Gasteiger partial charge < -0.3 is 9.80 Å². The molecule has 2 aromatic rings. The Hall–Kier alpha value is -2.75. The van der Waals surface area contributed by atoms with Gasteiger partial charge >= 0.3 is 6.18 Å². The largest absolute Gasteiger partial charge is 0.416 e. The second kappa shape index (κ2) is 6.76. The molecule has 2 fully saturated rings. The van der Waals surface area contributed by atoms with E-state index in [2.05, 4.69) is 14.8 Å². The number of benzene rings is 1. The van der Waals surface area contributed by atoms with Crippen LogP contribution in [0.15, 0.2) is 42.6 Å². The number of hydrogen-bond acceptors (Lipinski definition) is 4. The topological polar surface area (TPSA) is 43.2 Å². The zero-order chi connectivity index (χ0) is 19.0. The smallest absolute Gasteiger partial charge is 0.365 e. The van der Waals surface area contributed by atoms with E-state index >= 15 is 0 Å². The standard InChI is InChI=1S/C20H19F3N4/c21-20(22,23)16-4-5-17(15(11-16)12-24)27-10-7-14-6-9-26(13-18(14)27)19-3-1-2-8-25-19/h1-5,8,11,14,18H,6-7,9-10,13H2. The highest BCUT2D eigenvalue weighted by Crippen LogP contribution is 2.39. The fourth-order valence-corrected chi connectivity index (χ4v) is 4.24. The van der Waals surface area contributed by atoms with Gasteiger partial charge in [-0.25, -0.2) is 4.98 Å². The van der Waals surface area contributed by atoms with Crippen LogP contribution in [0, 0.1) is 17.2 Å². The van der Waals surface area contributed by atoms with Crippen LogP contribution in [0.2, 0.25) is 0 Å². The van der Waals surface area contributed by atoms with Gasteiger partial charge in [-0.3, -0.25) is 0 Å². The molecule has 2 unspecified atom stereocenters. The number of anilines is 2. The SMILES string of the molecule is N#Cc1cc(C(F)(F)F)ccc1N1CCC2CCN(c3ccccn3)CC21. The molecule has 0 N–H and O–H groups in total. The number of aromatic nitrogens is 1. The molecular formula is C20H19F3N4. The molecule has 140 valence electrons. The molecule has 0 amide bonds. The second-order valence-electron chi connectivity index (χ2n) is 7.07. The van der Waals surface area contributed by atoms with Gasteiger partial charge in [0.25, 0.3) is 0 Å². The van der Waals surface area contributed by atoms with Crippen molar-refractivity contribution in [2.75, 3.05) is 29.4 Å². The van der Waals surface area contributed by atoms with Crippen LogP contribution in [0.25, 0.3) is 0 Å². The molecule has 2 aliphatic rings. The second-order valence-corrected chi connectivity index (χ2v) is 7.07. The van der Waals surface area contributed by atoms with Gasteiger partial charge in [-0.2, -0.15) is 18.4 Å². The predicted molar refractivity (Wildman–Crippen MR) is 96.5 cm³/mol. The maximum absolute atomic E-state index is 13.0. The quantitative estimate of drug-likeness (QED) is 0.797. The van der Waals surface area contributed by atoms with Crippen LogP contribution in [-0.2, 0) is 6.18 Å². The van der Waals surface area contributed by atoms with E-state index in [1.807, 2.05) is 24.3 Å². The van der Waals surface area contributed by atoms with E-state index in [4.69, 9.17) is 0 Å². The lowest BCUT2D eigenvalue weighted by Crippen LogP contribution is -2.48. The summed E-state index contributed by atoms with van der Waals surface area (Å²) in [7, 11) is 0. The molecule has 2 atom stereocenters. The molecule has 2 aliphatic heterocycles. The monoisotopic (exact) mass is 372 g/mol. The lowest BCUT2D eigenvalue weighted by Gasteiger charge is -2.40. The summed E-state index contributed by atoms with van der Waals surface area (Å²) in [6.45, 7) is 2.43. The minimum absolute atomic E-state index is 0.0837. The first-order valence-electron chi connectivity index (χ1n) is 9.01. The minimum Gasteiger partial charge on any atom is -0.365 e. The number of nitriles is 1. The highest BCUT2D eigenvalue weighted by Gasteiger charge is 2.40. The summed E-state index contributed by atoms with van der Waals surface area (Å²) in [4.78, 5) is 8.74. The van der Waals surface area contributed by atoms with Gasteiger partial charge in [0, 0.05) is 31.9 Å². The fraction of sp³-hybridized carbons (Fsp3) is 0.400. The van der Waals surface area contributed by atoms with Crippen molar-refractivity contribution in [3.05, 3.63) is 53.7 Å². The summed E-state index contributed by atoms with van der Waals surface area (Å²) in [6, 6.07) is 11.4. The van der Waals surface area contributed by atoms with Gasteiger partial charge in [0.05, 0.1) is 16.8 Å². The van der Waals surface area contributed by atoms with E-state index in [0.717, 1.165) is 50.4 Å². The highest BCUT2D eigenvalue weighted by molar-refractivity contribution is 5.62. The molecule has 27 heavy (non-hydrogen) atoms. The molecule has 0 aliphatic carbocycles. The summed E-state index contributed by atoms with van der Waals surface area (Å²) < 4.78 is 39.0. The number of rotatable bonds is 2. The first kappa shape index (κ1) is 17.7. The van der Waals surface area contributed by atoms with E-state index in [1.165, 1.54) is 6.07 Å². The van der Waals surface area contributed by atoms with Crippen LogP contribution in [0.4, 0.5) is 24.7 Å². The third-order valence-electron chi connectivity index (χ3n) is 5.59. The molecule has 0 bridgehead atoms. The zero-order valence-electron chi connectivity index (χ0n) is 14.7. The molecule has 1 aromatic carbocycles. The number of halogens is 3. The van der Waals surface area contributed by atoms with Crippen LogP contribution in [0.3, 0.4) is 0 Å². The van der Waals surface area contributed by atoms with Gasteiger partial charge in [-0.15, -0.1) is 0 Å². The first-order valence-corrected chi connectivity index (χ1v) is 9.01. The highest BCUT2D eigenvalue weighted by atomic mass is 19.4. The summed E-state index contributed by atoms with van der Waals surface area (Å²) in [5, 5.41) is 9.43. The Bertz CT molecular complexity index is 860. The number of piperidine rings is 1. The molecule has 3 heterocycles. The van der Waals surface area contributed by atoms with Crippen molar-refractivity contribution < 1.29 is 13.2 Å². The van der Waals surface area contributed by atoms with Crippen LogP contribution >= 0.6 is 0 Å². The summed E-state index contributed by atoms with van der Waals surface area (Å²) >= 11 is 0. The number of alkyl halides is 3. The number of hydrogen-bond donors (Lipinski definition) is 0. The molecule has 0 saturated carbocycles. The molecule has 2 saturated heterocycles. The van der Waals surface area contributed by atoms with Gasteiger partial charge in [-0.05, 0) is 49.1 Å². The average Bonchev–Trinajstić information content (AvgIpc) is 3.10. The Morgan fingerprint density at radius 3 is 2.63 bits per heavy atom. The van der Waals surface area contributed by atoms with Crippen LogP contribution in [-0.4, -0.2) is 30.7 Å². The molecule has 7 heteroatoms. The molecule has 1 aromatic heterocycles. The van der Waals surface area contributed by atoms with Crippen molar-refractivity contribution in [2.45, 2.75) is 25.1 Å². The first-order chi connectivity index (χ1) is 13.0. The molecular weight excluding hydrogens is 353 g/mol. The maximum atomic E-state index is 13.0. The zero-order valence-corrected chi connectivity index (χ0v) is 14.7. The normalized spacial score (nSPS) is 22.4. The van der Waals surface area contributed by atoms with Crippen LogP contribution in [0.5, 0.6) is 0 Å². The summed E-state index contributed by atoms with van der Waals surface area (Å²) in [5.41, 5.74) is -0.0985. The van der Waals surface area contributed by atoms with Crippen molar-refractivity contribution in [1.82, 2.24) is 4.98 Å². The Labute approximate surface area is 155 Å². The Balaban J connectivity index is 1.62. The van der Waals surface area contributed by atoms with Gasteiger partial charge in [-0.1, -0.05) is 6.07 Å². The van der Waals surface area contributed by atoms with Crippen molar-refractivity contribution >= 4 is 11.5 Å². The summed E-state index contributed by atoms with van der Waals surface area (Å²) in [5.74, 6) is 1.40. The third kappa shape index (κ3) is 3.32. The Kier molecular flexibility index (Phi) is 4.42. The maximum Gasteiger partial charge on any atom is 0.416 e. The van der Waals surface area contributed by atoms with Gasteiger partial charge in [0.1, 0.15) is 11.9 Å². The minimum atomic E-state index is -4.45. The van der Waals surface area contributed by atoms with Crippen molar-refractivity contribution in [1.29, 1.82) is 5.26 Å². The van der Waals surface area contributed by atoms with Crippen molar-refractivity contribution in [2.24, 2.45) is 5.92 Å². The molecule has 4 rings (SSSR count). The predicted octanol–water partition coefficient (Wildman–Crippen LogP) is 4.08. The lowest BCUT2D eigenvalue weighted by atomic mass is 9.92.